The van der Waals surface area contributed by atoms with E-state index >= 15 is 0 Å². The number of aryl methyl sites for hydroxylation is 1. The Morgan fingerprint density at radius 2 is 2.25 bits per heavy atom. The third kappa shape index (κ3) is 3.54. The molecule has 1 aliphatic rings. The van der Waals surface area contributed by atoms with Gasteiger partial charge in [-0.25, -0.2) is 23.1 Å². The smallest absolute Gasteiger partial charge is 0.244 e. The molecule has 3 N–H and O–H groups in total. The third-order valence-corrected chi connectivity index (χ3v) is 5.68. The van der Waals surface area contributed by atoms with Crippen molar-refractivity contribution < 1.29 is 13.2 Å². The zero-order valence-electron chi connectivity index (χ0n) is 13.0. The van der Waals surface area contributed by atoms with E-state index < -0.39 is 10.0 Å². The first-order chi connectivity index (χ1) is 11.4. The molecule has 3 rings (SSSR count). The van der Waals surface area contributed by atoms with Crippen molar-refractivity contribution in [3.05, 3.63) is 35.5 Å². The van der Waals surface area contributed by atoms with Gasteiger partial charge in [0.25, 0.3) is 0 Å². The predicted octanol–water partition coefficient (Wildman–Crippen LogP) is 1.25. The summed E-state index contributed by atoms with van der Waals surface area (Å²) in [5.74, 6) is -0.0813. The summed E-state index contributed by atoms with van der Waals surface area (Å²) in [6.45, 7) is 0.451. The van der Waals surface area contributed by atoms with E-state index in [1.807, 2.05) is 11.6 Å². The van der Waals surface area contributed by atoms with Gasteiger partial charge in [0.05, 0.1) is 23.2 Å². The highest BCUT2D eigenvalue weighted by Crippen LogP contribution is 2.29. The number of hydrogen-bond acceptors (Lipinski definition) is 6. The Labute approximate surface area is 145 Å². The fourth-order valence-corrected chi connectivity index (χ4v) is 4.33. The molecule has 0 saturated carbocycles. The average molecular weight is 372 g/mol. The largest absolute Gasteiger partial charge is 0.383 e. The predicted molar refractivity (Wildman–Crippen MR) is 88.9 cm³/mol. The van der Waals surface area contributed by atoms with Gasteiger partial charge in [0.2, 0.25) is 10.0 Å². The van der Waals surface area contributed by atoms with Crippen LogP contribution in [0, 0.1) is 0 Å². The molecule has 0 unspecified atom stereocenters. The number of pyridine rings is 1. The van der Waals surface area contributed by atoms with Gasteiger partial charge in [0.1, 0.15) is 16.8 Å². The van der Waals surface area contributed by atoms with Crippen LogP contribution in [-0.2, 0) is 21.8 Å². The summed E-state index contributed by atoms with van der Waals surface area (Å²) in [6, 6.07) is 1.02. The quantitative estimate of drug-likeness (QED) is 0.836. The molecule has 1 aliphatic heterocycles. The Morgan fingerprint density at radius 1 is 1.46 bits per heavy atom. The molecule has 0 aromatic carbocycles. The van der Waals surface area contributed by atoms with Crippen molar-refractivity contribution in [2.75, 3.05) is 12.3 Å². The Balaban J connectivity index is 1.77. The van der Waals surface area contributed by atoms with Crippen LogP contribution in [0.3, 0.4) is 0 Å². The highest BCUT2D eigenvalue weighted by Gasteiger charge is 2.30. The van der Waals surface area contributed by atoms with E-state index in [2.05, 4.69) is 14.7 Å². The van der Waals surface area contributed by atoms with Crippen LogP contribution in [0.5, 0.6) is 0 Å². The monoisotopic (exact) mass is 371 g/mol. The minimum absolute atomic E-state index is 0.0813. The van der Waals surface area contributed by atoms with Gasteiger partial charge in [-0.2, -0.15) is 0 Å². The van der Waals surface area contributed by atoms with Crippen LogP contribution >= 0.6 is 11.6 Å². The van der Waals surface area contributed by atoms with E-state index in [1.165, 1.54) is 12.3 Å². The van der Waals surface area contributed by atoms with Gasteiger partial charge in [-0.3, -0.25) is 0 Å². The van der Waals surface area contributed by atoms with Gasteiger partial charge in [-0.15, -0.1) is 0 Å². The van der Waals surface area contributed by atoms with E-state index in [9.17, 15) is 8.42 Å². The lowest BCUT2D eigenvalue weighted by Crippen LogP contribution is -2.40. The number of ether oxygens (including phenoxy) is 1. The van der Waals surface area contributed by atoms with Crippen LogP contribution < -0.4 is 10.5 Å². The minimum Gasteiger partial charge on any atom is -0.383 e. The van der Waals surface area contributed by atoms with Gasteiger partial charge in [0.15, 0.2) is 0 Å². The molecule has 0 aliphatic carbocycles. The van der Waals surface area contributed by atoms with E-state index in [-0.39, 0.29) is 27.9 Å². The molecule has 2 aromatic rings. The Bertz CT molecular complexity index is 839. The van der Waals surface area contributed by atoms with Crippen molar-refractivity contribution in [3.63, 3.8) is 0 Å². The van der Waals surface area contributed by atoms with Crippen LogP contribution in [0.25, 0.3) is 0 Å². The fourth-order valence-electron chi connectivity index (χ4n) is 2.72. The van der Waals surface area contributed by atoms with Gasteiger partial charge in [-0.1, -0.05) is 11.6 Å². The van der Waals surface area contributed by atoms with Gasteiger partial charge in [-0.05, 0) is 18.9 Å². The van der Waals surface area contributed by atoms with Crippen LogP contribution in [-0.4, -0.2) is 35.6 Å². The molecular formula is C14H18ClN5O3S. The number of aromatic nitrogens is 3. The minimum atomic E-state index is -3.82. The molecule has 2 aromatic heterocycles. The molecule has 130 valence electrons. The number of nitrogens with two attached hydrogens (primary N) is 1. The lowest BCUT2D eigenvalue weighted by molar-refractivity contribution is -0.0000425. The molecule has 8 nitrogen and oxygen atoms in total. The Hall–Kier alpha value is -1.68. The van der Waals surface area contributed by atoms with Crippen LogP contribution in [0.2, 0.25) is 5.02 Å². The van der Waals surface area contributed by atoms with Crippen molar-refractivity contribution in [3.8, 4) is 0 Å². The van der Waals surface area contributed by atoms with Crippen molar-refractivity contribution in [2.45, 2.75) is 29.9 Å². The normalized spacial score (nSPS) is 21.8. The molecular weight excluding hydrogens is 354 g/mol. The number of nitrogens with zero attached hydrogens (tertiary/aromatic N) is 3. The maximum Gasteiger partial charge on any atom is 0.244 e. The first-order valence-electron chi connectivity index (χ1n) is 7.38. The van der Waals surface area contributed by atoms with Crippen LogP contribution in [0.15, 0.2) is 29.7 Å². The highest BCUT2D eigenvalue weighted by molar-refractivity contribution is 7.89. The van der Waals surface area contributed by atoms with E-state index in [1.54, 1.807) is 12.5 Å². The molecule has 1 fully saturated rings. The summed E-state index contributed by atoms with van der Waals surface area (Å²) < 4.78 is 35.4. The van der Waals surface area contributed by atoms with E-state index in [4.69, 9.17) is 22.1 Å². The zero-order chi connectivity index (χ0) is 17.3. The van der Waals surface area contributed by atoms with Gasteiger partial charge >= 0.3 is 0 Å². The van der Waals surface area contributed by atoms with Crippen LogP contribution in [0.4, 0.5) is 5.82 Å². The Kier molecular flexibility index (Phi) is 4.77. The summed E-state index contributed by atoms with van der Waals surface area (Å²) in [4.78, 5) is 7.75. The maximum absolute atomic E-state index is 12.6. The number of rotatable bonds is 4. The van der Waals surface area contributed by atoms with Crippen molar-refractivity contribution in [1.29, 1.82) is 0 Å². The SMILES string of the molecule is Cn1cncc1[C@@H]1C[C@@H](NS(=O)(=O)c2cc(Cl)cnc2N)CCO1. The first-order valence-corrected chi connectivity index (χ1v) is 9.24. The van der Waals surface area contributed by atoms with Crippen LogP contribution in [0.1, 0.15) is 24.6 Å². The molecule has 0 bridgehead atoms. The second kappa shape index (κ2) is 6.67. The number of anilines is 1. The summed E-state index contributed by atoms with van der Waals surface area (Å²) in [6.07, 6.45) is 5.58. The molecule has 24 heavy (non-hydrogen) atoms. The molecule has 2 atom stereocenters. The molecule has 0 radical (unpaired) electrons. The molecule has 1 saturated heterocycles. The standard InChI is InChI=1S/C14H18ClN5O3S/c1-20-8-17-7-11(20)12-5-10(2-3-23-12)19-24(21,22)13-4-9(15)6-18-14(13)16/h4,6-8,10,12,19H,2-3,5H2,1H3,(H2,16,18)/t10-,12-/m0/s1. The summed E-state index contributed by atoms with van der Waals surface area (Å²) in [7, 11) is -1.94. The van der Waals surface area contributed by atoms with E-state index in [0.29, 0.717) is 19.4 Å². The average Bonchev–Trinajstić information content (AvgIpc) is 2.95. The van der Waals surface area contributed by atoms with Crippen molar-refractivity contribution in [2.24, 2.45) is 7.05 Å². The summed E-state index contributed by atoms with van der Waals surface area (Å²) in [5, 5.41) is 0.212. The number of nitrogens with one attached hydrogen (secondary N) is 1. The summed E-state index contributed by atoms with van der Waals surface area (Å²) in [5.41, 5.74) is 6.59. The fraction of sp³-hybridized carbons (Fsp3) is 0.429. The number of halogens is 1. The molecule has 10 heteroatoms. The molecule has 3 heterocycles. The lowest BCUT2D eigenvalue weighted by atomic mass is 10.0. The zero-order valence-corrected chi connectivity index (χ0v) is 14.6. The number of hydrogen-bond donors (Lipinski definition) is 2. The van der Waals surface area contributed by atoms with E-state index in [0.717, 1.165) is 5.69 Å². The lowest BCUT2D eigenvalue weighted by Gasteiger charge is -2.30. The summed E-state index contributed by atoms with van der Waals surface area (Å²) >= 11 is 5.83. The van der Waals surface area contributed by atoms with Gasteiger partial charge < -0.3 is 15.0 Å². The van der Waals surface area contributed by atoms with Gasteiger partial charge in [0, 0.05) is 25.9 Å². The Morgan fingerprint density at radius 3 is 2.96 bits per heavy atom. The number of imidazole rings is 1. The second-order valence-electron chi connectivity index (χ2n) is 5.67. The first kappa shape index (κ1) is 17.2. The maximum atomic E-state index is 12.6. The topological polar surface area (TPSA) is 112 Å². The van der Waals surface area contributed by atoms with Crippen molar-refractivity contribution >= 4 is 27.4 Å². The number of nitrogen functional groups attached to an aromatic ring is 1. The molecule has 0 spiro atoms. The highest BCUT2D eigenvalue weighted by atomic mass is 35.5. The van der Waals surface area contributed by atoms with Crippen molar-refractivity contribution in [1.82, 2.24) is 19.3 Å². The number of sulfonamides is 1. The third-order valence-electron chi connectivity index (χ3n) is 3.93. The molecule has 0 amide bonds. The second-order valence-corrected chi connectivity index (χ2v) is 7.79.